The SMILES string of the molecule is CCO[Si](CN(CCN(CC)CC)C[Si](OCC)(OCC)OCC)(OCC)OCC. The summed E-state index contributed by atoms with van der Waals surface area (Å²) in [5.74, 6) is 0. The van der Waals surface area contributed by atoms with E-state index < -0.39 is 17.6 Å². The van der Waals surface area contributed by atoms with Crippen LogP contribution >= 0.6 is 0 Å². The number of rotatable bonds is 21. The van der Waals surface area contributed by atoms with Crippen LogP contribution in [0.3, 0.4) is 0 Å². The van der Waals surface area contributed by atoms with Gasteiger partial charge in [0, 0.05) is 52.7 Å². The van der Waals surface area contributed by atoms with E-state index in [2.05, 4.69) is 23.6 Å². The van der Waals surface area contributed by atoms with Crippen LogP contribution < -0.4 is 0 Å². The Morgan fingerprint density at radius 2 is 0.700 bits per heavy atom. The largest absolute Gasteiger partial charge is 0.515 e. The van der Waals surface area contributed by atoms with Crippen LogP contribution in [-0.4, -0.2) is 106 Å². The topological polar surface area (TPSA) is 61.9 Å². The maximum atomic E-state index is 6.13. The fourth-order valence-electron chi connectivity index (χ4n) is 3.43. The Hall–Kier alpha value is 0.114. The molecular formula is C20H48N2O6Si2. The summed E-state index contributed by atoms with van der Waals surface area (Å²) in [6, 6.07) is 0. The van der Waals surface area contributed by atoms with Crippen LogP contribution in [0, 0.1) is 0 Å². The Morgan fingerprint density at radius 1 is 0.433 bits per heavy atom. The zero-order valence-electron chi connectivity index (χ0n) is 20.8. The van der Waals surface area contributed by atoms with E-state index in [0.29, 0.717) is 52.0 Å². The standard InChI is InChI=1S/C20H48N2O6Si2/c1-9-21(10-2)17-18-22(19-29(23-11-3,24-12-4)25-13-5)20-30(26-14-6,27-15-7)28-16-8/h9-20H2,1-8H3. The molecule has 0 aromatic carbocycles. The molecule has 0 bridgehead atoms. The van der Waals surface area contributed by atoms with Crippen LogP contribution in [0.15, 0.2) is 0 Å². The summed E-state index contributed by atoms with van der Waals surface area (Å²) in [5.41, 5.74) is 0. The summed E-state index contributed by atoms with van der Waals surface area (Å²) < 4.78 is 36.8. The molecule has 0 aliphatic rings. The van der Waals surface area contributed by atoms with Gasteiger partial charge < -0.3 is 31.5 Å². The van der Waals surface area contributed by atoms with E-state index in [9.17, 15) is 0 Å². The average molecular weight is 469 g/mol. The van der Waals surface area contributed by atoms with E-state index in [1.165, 1.54) is 0 Å². The molecule has 0 amide bonds. The monoisotopic (exact) mass is 468 g/mol. The predicted octanol–water partition coefficient (Wildman–Crippen LogP) is 2.81. The summed E-state index contributed by atoms with van der Waals surface area (Å²) >= 11 is 0. The van der Waals surface area contributed by atoms with E-state index in [1.807, 2.05) is 41.5 Å². The first-order valence-electron chi connectivity index (χ1n) is 11.7. The molecule has 0 unspecified atom stereocenters. The molecule has 0 N–H and O–H groups in total. The highest BCUT2D eigenvalue weighted by Gasteiger charge is 2.48. The van der Waals surface area contributed by atoms with E-state index in [1.54, 1.807) is 0 Å². The van der Waals surface area contributed by atoms with E-state index in [-0.39, 0.29) is 0 Å². The number of hydrogen-bond acceptors (Lipinski definition) is 8. The molecule has 0 aliphatic carbocycles. The highest BCUT2D eigenvalue weighted by Crippen LogP contribution is 2.17. The van der Waals surface area contributed by atoms with Gasteiger partial charge in [0.2, 0.25) is 0 Å². The van der Waals surface area contributed by atoms with Crippen molar-refractivity contribution in [3.05, 3.63) is 0 Å². The maximum absolute atomic E-state index is 6.13. The molecule has 10 heteroatoms. The van der Waals surface area contributed by atoms with E-state index in [0.717, 1.165) is 26.2 Å². The lowest BCUT2D eigenvalue weighted by Crippen LogP contribution is -2.62. The second kappa shape index (κ2) is 17.6. The molecule has 0 heterocycles. The Balaban J connectivity index is 5.77. The minimum absolute atomic E-state index is 0.557. The van der Waals surface area contributed by atoms with Crippen molar-refractivity contribution >= 4 is 17.6 Å². The highest BCUT2D eigenvalue weighted by molar-refractivity contribution is 6.62. The number of likely N-dealkylation sites (N-methyl/N-ethyl adjacent to an activating group) is 1. The zero-order valence-corrected chi connectivity index (χ0v) is 22.8. The summed E-state index contributed by atoms with van der Waals surface area (Å²) in [7, 11) is -5.71. The van der Waals surface area contributed by atoms with Crippen molar-refractivity contribution < 1.29 is 26.6 Å². The molecule has 0 saturated heterocycles. The Morgan fingerprint density at radius 3 is 0.933 bits per heavy atom. The third kappa shape index (κ3) is 11.1. The summed E-state index contributed by atoms with van der Waals surface area (Å²) in [5, 5.41) is 0. The molecule has 0 fully saturated rings. The normalized spacial score (nSPS) is 13.0. The molecular weight excluding hydrogens is 420 g/mol. The third-order valence-corrected chi connectivity index (χ3v) is 10.7. The molecule has 0 radical (unpaired) electrons. The van der Waals surface area contributed by atoms with Gasteiger partial charge >= 0.3 is 17.6 Å². The molecule has 30 heavy (non-hydrogen) atoms. The van der Waals surface area contributed by atoms with Crippen molar-refractivity contribution in [3.8, 4) is 0 Å². The quantitative estimate of drug-likeness (QED) is 0.238. The van der Waals surface area contributed by atoms with Gasteiger partial charge in [-0.05, 0) is 54.6 Å². The van der Waals surface area contributed by atoms with Crippen molar-refractivity contribution in [1.82, 2.24) is 9.80 Å². The van der Waals surface area contributed by atoms with Gasteiger partial charge in [0.1, 0.15) is 0 Å². The lowest BCUT2D eigenvalue weighted by molar-refractivity contribution is 0.0404. The van der Waals surface area contributed by atoms with Gasteiger partial charge in [-0.2, -0.15) is 0 Å². The predicted molar refractivity (Wildman–Crippen MR) is 125 cm³/mol. The molecule has 0 spiro atoms. The molecule has 0 saturated carbocycles. The molecule has 182 valence electrons. The van der Waals surface area contributed by atoms with Gasteiger partial charge in [-0.15, -0.1) is 0 Å². The Kier molecular flexibility index (Phi) is 17.7. The van der Waals surface area contributed by atoms with Gasteiger partial charge in [-0.25, -0.2) is 0 Å². The Bertz CT molecular complexity index is 343. The van der Waals surface area contributed by atoms with Gasteiger partial charge in [0.15, 0.2) is 0 Å². The summed E-state index contributed by atoms with van der Waals surface area (Å²) in [6.45, 7) is 23.4. The van der Waals surface area contributed by atoms with Crippen LogP contribution in [0.5, 0.6) is 0 Å². The van der Waals surface area contributed by atoms with Crippen molar-refractivity contribution in [2.24, 2.45) is 0 Å². The van der Waals surface area contributed by atoms with E-state index >= 15 is 0 Å². The van der Waals surface area contributed by atoms with Gasteiger partial charge in [0.05, 0.1) is 12.3 Å². The first kappa shape index (κ1) is 30.1. The lowest BCUT2D eigenvalue weighted by atomic mass is 10.4. The average Bonchev–Trinajstić information content (AvgIpc) is 2.70. The van der Waals surface area contributed by atoms with Gasteiger partial charge in [0.25, 0.3) is 0 Å². The highest BCUT2D eigenvalue weighted by atomic mass is 28.4. The van der Waals surface area contributed by atoms with Gasteiger partial charge in [-0.1, -0.05) is 13.8 Å². The molecule has 8 nitrogen and oxygen atoms in total. The van der Waals surface area contributed by atoms with Crippen LogP contribution in [0.1, 0.15) is 55.4 Å². The molecule has 0 aromatic heterocycles. The fourth-order valence-corrected chi connectivity index (χ4v) is 8.97. The van der Waals surface area contributed by atoms with Crippen LogP contribution in [-0.2, 0) is 26.6 Å². The van der Waals surface area contributed by atoms with Gasteiger partial charge in [-0.3, -0.25) is 4.90 Å². The van der Waals surface area contributed by atoms with Crippen molar-refractivity contribution in [2.45, 2.75) is 55.4 Å². The van der Waals surface area contributed by atoms with Crippen LogP contribution in [0.25, 0.3) is 0 Å². The molecule has 0 aromatic rings. The second-order valence-corrected chi connectivity index (χ2v) is 11.8. The second-order valence-electron chi connectivity index (χ2n) is 6.70. The minimum atomic E-state index is -2.86. The zero-order chi connectivity index (χ0) is 22.9. The van der Waals surface area contributed by atoms with Crippen LogP contribution in [0.2, 0.25) is 0 Å². The smallest absolute Gasteiger partial charge is 0.373 e. The number of nitrogens with zero attached hydrogens (tertiary/aromatic N) is 2. The molecule has 0 atom stereocenters. The molecule has 0 aliphatic heterocycles. The minimum Gasteiger partial charge on any atom is -0.373 e. The van der Waals surface area contributed by atoms with Crippen molar-refractivity contribution in [3.63, 3.8) is 0 Å². The third-order valence-electron chi connectivity index (χ3n) is 4.65. The van der Waals surface area contributed by atoms with Crippen LogP contribution in [0.4, 0.5) is 0 Å². The first-order chi connectivity index (χ1) is 14.4. The Labute approximate surface area is 187 Å². The first-order valence-corrected chi connectivity index (χ1v) is 15.6. The summed E-state index contributed by atoms with van der Waals surface area (Å²) in [4.78, 5) is 4.72. The summed E-state index contributed by atoms with van der Waals surface area (Å²) in [6.07, 6.45) is 1.18. The van der Waals surface area contributed by atoms with Crippen molar-refractivity contribution in [1.29, 1.82) is 0 Å². The lowest BCUT2D eigenvalue weighted by Gasteiger charge is -2.38. The fraction of sp³-hybridized carbons (Fsp3) is 1.00. The maximum Gasteiger partial charge on any atom is 0.515 e. The number of hydrogen-bond donors (Lipinski definition) is 0. The van der Waals surface area contributed by atoms with Crippen molar-refractivity contribution in [2.75, 3.05) is 78.2 Å². The van der Waals surface area contributed by atoms with E-state index in [4.69, 9.17) is 26.6 Å². The molecule has 0 rings (SSSR count).